The van der Waals surface area contributed by atoms with Crippen LogP contribution in [0.25, 0.3) is 10.2 Å². The second-order valence-electron chi connectivity index (χ2n) is 8.09. The van der Waals surface area contributed by atoms with Crippen LogP contribution in [0.4, 0.5) is 10.5 Å². The molecule has 3 aromatic rings. The number of aromatic nitrogens is 1. The van der Waals surface area contributed by atoms with Gasteiger partial charge in [-0.1, -0.05) is 32.9 Å². The first kappa shape index (κ1) is 21.1. The number of ether oxygens (including phenoxy) is 1. The average Bonchev–Trinajstić information content (AvgIpc) is 3.06. The van der Waals surface area contributed by atoms with Crippen molar-refractivity contribution in [2.24, 2.45) is 5.41 Å². The average molecular weight is 415 g/mol. The molecule has 0 fully saturated rings. The lowest BCUT2D eigenvalue weighted by atomic mass is 9.89. The number of aryl methyl sites for hydroxylation is 1. The predicted octanol–water partition coefficient (Wildman–Crippen LogP) is 5.08. The van der Waals surface area contributed by atoms with Crippen LogP contribution in [0.1, 0.15) is 31.3 Å². The molecule has 1 aromatic heterocycles. The number of thiazole rings is 1. The number of fused-ring (bicyclic) bond motifs is 1. The van der Waals surface area contributed by atoms with Crippen LogP contribution in [0.5, 0.6) is 5.75 Å². The summed E-state index contributed by atoms with van der Waals surface area (Å²) in [6.07, 6.45) is -1.88. The van der Waals surface area contributed by atoms with Crippen molar-refractivity contribution < 1.29 is 19.7 Å². The molecule has 0 spiro atoms. The molecule has 1 unspecified atom stereocenters. The minimum atomic E-state index is -1.10. The molecule has 0 saturated heterocycles. The molecule has 7 heteroatoms. The lowest BCUT2D eigenvalue weighted by Crippen LogP contribution is -2.42. The summed E-state index contributed by atoms with van der Waals surface area (Å²) in [5.74, 6) is 0.646. The highest BCUT2D eigenvalue weighted by Gasteiger charge is 2.28. The normalized spacial score (nSPS) is 12.7. The van der Waals surface area contributed by atoms with Crippen molar-refractivity contribution in [2.45, 2.75) is 40.4 Å². The third-order valence-electron chi connectivity index (χ3n) is 4.75. The Morgan fingerprint density at radius 1 is 1.24 bits per heavy atom. The van der Waals surface area contributed by atoms with Gasteiger partial charge in [0.1, 0.15) is 17.4 Å². The molecule has 3 rings (SSSR count). The lowest BCUT2D eigenvalue weighted by molar-refractivity contribution is 0.0685. The number of benzene rings is 2. The van der Waals surface area contributed by atoms with Gasteiger partial charge in [0, 0.05) is 0 Å². The van der Waals surface area contributed by atoms with E-state index in [-0.39, 0.29) is 6.54 Å². The van der Waals surface area contributed by atoms with E-state index in [1.165, 1.54) is 4.90 Å². The van der Waals surface area contributed by atoms with E-state index in [2.05, 4.69) is 4.98 Å². The number of amides is 1. The molecule has 0 saturated carbocycles. The van der Waals surface area contributed by atoms with E-state index in [1.54, 1.807) is 23.5 Å². The number of aliphatic hydroxyl groups excluding tert-OH is 1. The van der Waals surface area contributed by atoms with E-state index in [9.17, 15) is 15.0 Å². The SMILES string of the molecule is Cc1cc(OCc2nc3ccccc3s2)ccc1N(CC(O)C(C)(C)C)C(=O)O. The molecule has 1 atom stereocenters. The Hall–Kier alpha value is -2.64. The molecule has 154 valence electrons. The van der Waals surface area contributed by atoms with Gasteiger partial charge in [0.15, 0.2) is 0 Å². The van der Waals surface area contributed by atoms with Gasteiger partial charge in [-0.05, 0) is 48.2 Å². The quantitative estimate of drug-likeness (QED) is 0.588. The fourth-order valence-corrected chi connectivity index (χ4v) is 3.75. The van der Waals surface area contributed by atoms with Crippen LogP contribution >= 0.6 is 11.3 Å². The Morgan fingerprint density at radius 2 is 1.97 bits per heavy atom. The second kappa shape index (κ2) is 8.39. The van der Waals surface area contributed by atoms with Gasteiger partial charge in [0.2, 0.25) is 0 Å². The zero-order valence-electron chi connectivity index (χ0n) is 17.0. The van der Waals surface area contributed by atoms with Crippen molar-refractivity contribution in [3.63, 3.8) is 0 Å². The number of hydrogen-bond acceptors (Lipinski definition) is 5. The fourth-order valence-electron chi connectivity index (χ4n) is 2.87. The van der Waals surface area contributed by atoms with Gasteiger partial charge in [0.05, 0.1) is 28.6 Å². The number of para-hydroxylation sites is 1. The molecule has 0 aliphatic carbocycles. The summed E-state index contributed by atoms with van der Waals surface area (Å²) in [5.41, 5.74) is 1.84. The summed E-state index contributed by atoms with van der Waals surface area (Å²) in [4.78, 5) is 17.5. The van der Waals surface area contributed by atoms with E-state index >= 15 is 0 Å². The number of rotatable bonds is 6. The van der Waals surface area contributed by atoms with Crippen LogP contribution in [-0.4, -0.2) is 33.9 Å². The topological polar surface area (TPSA) is 82.9 Å². The number of nitrogens with zero attached hydrogens (tertiary/aromatic N) is 2. The fraction of sp³-hybridized carbons (Fsp3) is 0.364. The number of anilines is 1. The van der Waals surface area contributed by atoms with Crippen molar-refractivity contribution >= 4 is 33.3 Å². The maximum atomic E-state index is 11.8. The molecule has 0 aliphatic rings. The molecule has 1 heterocycles. The van der Waals surface area contributed by atoms with Crippen molar-refractivity contribution in [3.8, 4) is 5.75 Å². The molecule has 2 N–H and O–H groups in total. The van der Waals surface area contributed by atoms with E-state index in [0.717, 1.165) is 20.8 Å². The van der Waals surface area contributed by atoms with Gasteiger partial charge in [-0.3, -0.25) is 4.90 Å². The van der Waals surface area contributed by atoms with Gasteiger partial charge < -0.3 is 14.9 Å². The van der Waals surface area contributed by atoms with Crippen LogP contribution in [0.2, 0.25) is 0 Å². The second-order valence-corrected chi connectivity index (χ2v) is 9.20. The van der Waals surface area contributed by atoms with Gasteiger partial charge in [-0.2, -0.15) is 0 Å². The highest BCUT2D eigenvalue weighted by molar-refractivity contribution is 7.18. The van der Waals surface area contributed by atoms with Gasteiger partial charge in [0.25, 0.3) is 0 Å². The third kappa shape index (κ3) is 5.05. The number of aliphatic hydroxyl groups is 1. The Labute approximate surface area is 174 Å². The van der Waals surface area contributed by atoms with Crippen LogP contribution in [0.15, 0.2) is 42.5 Å². The van der Waals surface area contributed by atoms with Crippen molar-refractivity contribution in [2.75, 3.05) is 11.4 Å². The number of carbonyl (C=O) groups is 1. The largest absolute Gasteiger partial charge is 0.486 e. The molecular formula is C22H26N2O4S. The minimum absolute atomic E-state index is 0.00554. The van der Waals surface area contributed by atoms with Gasteiger partial charge in [-0.25, -0.2) is 9.78 Å². The van der Waals surface area contributed by atoms with Crippen molar-refractivity contribution in [1.82, 2.24) is 4.98 Å². The monoisotopic (exact) mass is 414 g/mol. The Kier molecular flexibility index (Phi) is 6.10. The van der Waals surface area contributed by atoms with Crippen molar-refractivity contribution in [1.29, 1.82) is 0 Å². The number of hydrogen-bond donors (Lipinski definition) is 2. The minimum Gasteiger partial charge on any atom is -0.486 e. The maximum Gasteiger partial charge on any atom is 0.411 e. The van der Waals surface area contributed by atoms with Crippen LogP contribution in [0, 0.1) is 12.3 Å². The molecule has 1 amide bonds. The van der Waals surface area contributed by atoms with Crippen LogP contribution in [0.3, 0.4) is 0 Å². The lowest BCUT2D eigenvalue weighted by Gasteiger charge is -2.31. The van der Waals surface area contributed by atoms with E-state index < -0.39 is 17.6 Å². The van der Waals surface area contributed by atoms with Crippen LogP contribution < -0.4 is 9.64 Å². The molecule has 0 aliphatic heterocycles. The predicted molar refractivity (Wildman–Crippen MR) is 116 cm³/mol. The van der Waals surface area contributed by atoms with E-state index in [4.69, 9.17) is 4.74 Å². The molecule has 0 radical (unpaired) electrons. The van der Waals surface area contributed by atoms with E-state index in [1.807, 2.05) is 58.0 Å². The zero-order chi connectivity index (χ0) is 21.2. The molecule has 6 nitrogen and oxygen atoms in total. The maximum absolute atomic E-state index is 11.8. The van der Waals surface area contributed by atoms with Crippen molar-refractivity contribution in [3.05, 3.63) is 53.0 Å². The van der Waals surface area contributed by atoms with Crippen LogP contribution in [-0.2, 0) is 6.61 Å². The first-order valence-corrected chi connectivity index (χ1v) is 10.2. The first-order valence-electron chi connectivity index (χ1n) is 9.41. The summed E-state index contributed by atoms with van der Waals surface area (Å²) < 4.78 is 6.98. The highest BCUT2D eigenvalue weighted by Crippen LogP contribution is 2.29. The molecule has 29 heavy (non-hydrogen) atoms. The van der Waals surface area contributed by atoms with Gasteiger partial charge in [-0.15, -0.1) is 11.3 Å². The van der Waals surface area contributed by atoms with E-state index in [0.29, 0.717) is 18.0 Å². The summed E-state index contributed by atoms with van der Waals surface area (Å²) in [6.45, 7) is 7.82. The summed E-state index contributed by atoms with van der Waals surface area (Å²) >= 11 is 1.59. The Bertz CT molecular complexity index is 976. The summed E-state index contributed by atoms with van der Waals surface area (Å²) in [6, 6.07) is 13.2. The zero-order valence-corrected chi connectivity index (χ0v) is 17.9. The third-order valence-corrected chi connectivity index (χ3v) is 5.76. The summed E-state index contributed by atoms with van der Waals surface area (Å²) in [7, 11) is 0. The molecular weight excluding hydrogens is 388 g/mol. The van der Waals surface area contributed by atoms with Gasteiger partial charge >= 0.3 is 6.09 Å². The molecule has 0 bridgehead atoms. The molecule has 2 aromatic carbocycles. The standard InChI is InChI=1S/C22H26N2O4S/c1-14-11-15(28-13-20-23-16-7-5-6-8-18(16)29-20)9-10-17(14)24(21(26)27)12-19(25)22(2,3)4/h5-11,19,25H,12-13H2,1-4H3,(H,26,27). The first-order chi connectivity index (χ1) is 13.6. The highest BCUT2D eigenvalue weighted by atomic mass is 32.1. The number of carboxylic acid groups (broad SMARTS) is 1. The Balaban J connectivity index is 1.73. The smallest absolute Gasteiger partial charge is 0.411 e. The summed E-state index contributed by atoms with van der Waals surface area (Å²) in [5, 5.41) is 20.9. The Morgan fingerprint density at radius 3 is 2.59 bits per heavy atom.